The molecule has 0 bridgehead atoms. The Morgan fingerprint density at radius 3 is 2.62 bits per heavy atom. The van der Waals surface area contributed by atoms with E-state index < -0.39 is 0 Å². The van der Waals surface area contributed by atoms with Gasteiger partial charge in [-0.1, -0.05) is 11.6 Å². The molecule has 29 heavy (non-hydrogen) atoms. The van der Waals surface area contributed by atoms with E-state index in [-0.39, 0.29) is 5.91 Å². The molecule has 7 nitrogen and oxygen atoms in total. The van der Waals surface area contributed by atoms with E-state index in [0.717, 1.165) is 31.1 Å². The van der Waals surface area contributed by atoms with Crippen LogP contribution >= 0.6 is 11.6 Å². The highest BCUT2D eigenvalue weighted by atomic mass is 35.5. The molecule has 1 fully saturated rings. The summed E-state index contributed by atoms with van der Waals surface area (Å²) >= 11 is 5.88. The summed E-state index contributed by atoms with van der Waals surface area (Å²) in [5, 5.41) is 7.75. The van der Waals surface area contributed by atoms with Gasteiger partial charge in [-0.15, -0.1) is 0 Å². The fourth-order valence-electron chi connectivity index (χ4n) is 3.30. The largest absolute Gasteiger partial charge is 0.492 e. The number of furan rings is 1. The fraction of sp³-hybridized carbons (Fsp3) is 0.333. The lowest BCUT2D eigenvalue weighted by Gasteiger charge is -2.34. The lowest BCUT2D eigenvalue weighted by atomic mass is 10.2. The van der Waals surface area contributed by atoms with Crippen molar-refractivity contribution in [1.29, 1.82) is 0 Å². The van der Waals surface area contributed by atoms with E-state index in [9.17, 15) is 4.79 Å². The van der Waals surface area contributed by atoms with Crippen molar-refractivity contribution < 1.29 is 13.9 Å². The molecular formula is C21H23ClN4O3. The van der Waals surface area contributed by atoms with Gasteiger partial charge in [0.15, 0.2) is 11.5 Å². The lowest BCUT2D eigenvalue weighted by Crippen LogP contribution is -2.49. The number of aromatic nitrogens is 2. The Labute approximate surface area is 174 Å². The van der Waals surface area contributed by atoms with Crippen molar-refractivity contribution in [2.24, 2.45) is 0 Å². The average molecular weight is 415 g/mol. The van der Waals surface area contributed by atoms with Crippen molar-refractivity contribution in [1.82, 2.24) is 20.0 Å². The van der Waals surface area contributed by atoms with Crippen molar-refractivity contribution in [2.45, 2.75) is 6.92 Å². The molecule has 3 heterocycles. The summed E-state index contributed by atoms with van der Waals surface area (Å²) in [6.45, 7) is 6.25. The number of carbonyl (C=O) groups is 1. The van der Waals surface area contributed by atoms with Gasteiger partial charge < -0.3 is 14.1 Å². The number of piperazine rings is 1. The number of hydrogen-bond acceptors (Lipinski definition) is 5. The molecule has 2 aromatic heterocycles. The number of nitrogens with zero attached hydrogens (tertiary/aromatic N) is 3. The lowest BCUT2D eigenvalue weighted by molar-refractivity contribution is 0.0614. The van der Waals surface area contributed by atoms with E-state index in [1.54, 1.807) is 6.07 Å². The molecule has 0 saturated carbocycles. The summed E-state index contributed by atoms with van der Waals surface area (Å²) in [6.07, 6.45) is 0. The second-order valence-corrected chi connectivity index (χ2v) is 7.45. The maximum atomic E-state index is 12.7. The molecule has 1 aromatic carbocycles. The summed E-state index contributed by atoms with van der Waals surface area (Å²) in [5.41, 5.74) is 1.12. The van der Waals surface area contributed by atoms with Crippen molar-refractivity contribution in [3.05, 3.63) is 58.9 Å². The van der Waals surface area contributed by atoms with E-state index >= 15 is 0 Å². The molecule has 0 radical (unpaired) electrons. The molecule has 4 rings (SSSR count). The zero-order valence-corrected chi connectivity index (χ0v) is 17.0. The highest BCUT2D eigenvalue weighted by Gasteiger charge is 2.24. The van der Waals surface area contributed by atoms with Gasteiger partial charge in [-0.25, -0.2) is 0 Å². The normalized spacial score (nSPS) is 14.9. The summed E-state index contributed by atoms with van der Waals surface area (Å²) in [7, 11) is 0. The number of aryl methyl sites for hydroxylation is 1. The number of aromatic amines is 1. The number of hydrogen-bond donors (Lipinski definition) is 1. The first-order valence-corrected chi connectivity index (χ1v) is 9.98. The zero-order valence-electron chi connectivity index (χ0n) is 16.2. The first-order chi connectivity index (χ1) is 14.1. The summed E-state index contributed by atoms with van der Waals surface area (Å²) in [4.78, 5) is 16.9. The molecule has 1 aliphatic rings. The second kappa shape index (κ2) is 8.71. The number of benzene rings is 1. The highest BCUT2D eigenvalue weighted by molar-refractivity contribution is 6.30. The predicted octanol–water partition coefficient (Wildman–Crippen LogP) is 3.47. The molecule has 1 aliphatic heterocycles. The summed E-state index contributed by atoms with van der Waals surface area (Å²) < 4.78 is 11.3. The topological polar surface area (TPSA) is 74.6 Å². The Hall–Kier alpha value is -2.77. The Kier molecular flexibility index (Phi) is 5.87. The molecule has 8 heteroatoms. The third-order valence-electron chi connectivity index (χ3n) is 4.95. The fourth-order valence-corrected chi connectivity index (χ4v) is 3.42. The number of H-pyrrole nitrogens is 1. The highest BCUT2D eigenvalue weighted by Crippen LogP contribution is 2.21. The van der Waals surface area contributed by atoms with Crippen LogP contribution in [0.25, 0.3) is 11.5 Å². The zero-order chi connectivity index (χ0) is 20.2. The number of amides is 1. The van der Waals surface area contributed by atoms with Crippen LogP contribution in [0, 0.1) is 6.92 Å². The van der Waals surface area contributed by atoms with Crippen molar-refractivity contribution in [3.63, 3.8) is 0 Å². The molecule has 3 aromatic rings. The van der Waals surface area contributed by atoms with E-state index in [0.29, 0.717) is 41.9 Å². The Balaban J connectivity index is 1.24. The van der Waals surface area contributed by atoms with E-state index in [2.05, 4.69) is 15.1 Å². The molecule has 1 saturated heterocycles. The Morgan fingerprint density at radius 2 is 1.93 bits per heavy atom. The van der Waals surface area contributed by atoms with Gasteiger partial charge in [0.05, 0.1) is 0 Å². The first-order valence-electron chi connectivity index (χ1n) is 9.61. The van der Waals surface area contributed by atoms with Crippen LogP contribution < -0.4 is 4.74 Å². The second-order valence-electron chi connectivity index (χ2n) is 7.01. The van der Waals surface area contributed by atoms with Crippen LogP contribution in [-0.2, 0) is 0 Å². The van der Waals surface area contributed by atoms with Gasteiger partial charge in [0, 0.05) is 43.8 Å². The molecule has 0 aliphatic carbocycles. The van der Waals surface area contributed by atoms with Gasteiger partial charge in [-0.2, -0.15) is 5.10 Å². The minimum absolute atomic E-state index is 0.0622. The van der Waals surface area contributed by atoms with Gasteiger partial charge in [0.2, 0.25) is 0 Å². The third kappa shape index (κ3) is 4.81. The van der Waals surface area contributed by atoms with E-state index in [1.807, 2.05) is 48.2 Å². The maximum absolute atomic E-state index is 12.7. The summed E-state index contributed by atoms with van der Waals surface area (Å²) in [6, 6.07) is 12.8. The monoisotopic (exact) mass is 414 g/mol. The number of halogens is 1. The number of carbonyl (C=O) groups excluding carboxylic acids is 1. The number of ether oxygens (including phenoxy) is 1. The van der Waals surface area contributed by atoms with Crippen molar-refractivity contribution in [2.75, 3.05) is 39.3 Å². The molecular weight excluding hydrogens is 392 g/mol. The quantitative estimate of drug-likeness (QED) is 0.668. The third-order valence-corrected chi connectivity index (χ3v) is 5.20. The molecule has 0 unspecified atom stereocenters. The number of nitrogens with one attached hydrogen (secondary N) is 1. The molecule has 1 N–H and O–H groups in total. The van der Waals surface area contributed by atoms with Crippen LogP contribution in [0.1, 0.15) is 16.2 Å². The van der Waals surface area contributed by atoms with Gasteiger partial charge in [0.25, 0.3) is 5.91 Å². The predicted molar refractivity (Wildman–Crippen MR) is 110 cm³/mol. The van der Waals surface area contributed by atoms with Crippen LogP contribution in [0.3, 0.4) is 0 Å². The minimum atomic E-state index is -0.0622. The molecule has 1 amide bonds. The standard InChI is InChI=1S/C21H23ClN4O3/c1-15-2-7-20(29-15)18-14-19(24-23-18)21(27)26-10-8-25(9-11-26)12-13-28-17-5-3-16(22)4-6-17/h2-7,14H,8-13H2,1H3,(H,23,24). The summed E-state index contributed by atoms with van der Waals surface area (Å²) in [5.74, 6) is 2.25. The van der Waals surface area contributed by atoms with Crippen LogP contribution in [0.2, 0.25) is 5.02 Å². The molecule has 152 valence electrons. The molecule has 0 atom stereocenters. The van der Waals surface area contributed by atoms with Crippen molar-refractivity contribution >= 4 is 17.5 Å². The van der Waals surface area contributed by atoms with Gasteiger partial charge >= 0.3 is 0 Å². The SMILES string of the molecule is Cc1ccc(-c2cc(C(=O)N3CCN(CCOc4ccc(Cl)cc4)CC3)n[nH]2)o1. The van der Waals surface area contributed by atoms with Gasteiger partial charge in [-0.05, 0) is 43.3 Å². The Bertz CT molecular complexity index is 958. The van der Waals surface area contributed by atoms with Gasteiger partial charge in [0.1, 0.15) is 23.8 Å². The minimum Gasteiger partial charge on any atom is -0.492 e. The van der Waals surface area contributed by atoms with E-state index in [4.69, 9.17) is 20.8 Å². The first kappa shape index (κ1) is 19.5. The van der Waals surface area contributed by atoms with Crippen LogP contribution in [0.15, 0.2) is 46.9 Å². The maximum Gasteiger partial charge on any atom is 0.274 e. The van der Waals surface area contributed by atoms with Crippen LogP contribution in [-0.4, -0.2) is 65.2 Å². The van der Waals surface area contributed by atoms with Crippen LogP contribution in [0.5, 0.6) is 5.75 Å². The smallest absolute Gasteiger partial charge is 0.274 e. The number of rotatable bonds is 6. The van der Waals surface area contributed by atoms with Crippen LogP contribution in [0.4, 0.5) is 0 Å². The van der Waals surface area contributed by atoms with Gasteiger partial charge in [-0.3, -0.25) is 14.8 Å². The average Bonchev–Trinajstić information content (AvgIpc) is 3.39. The van der Waals surface area contributed by atoms with E-state index in [1.165, 1.54) is 0 Å². The Morgan fingerprint density at radius 1 is 1.17 bits per heavy atom. The van der Waals surface area contributed by atoms with Crippen molar-refractivity contribution in [3.8, 4) is 17.2 Å². The molecule has 0 spiro atoms.